The molecule has 1 N–H and O–H groups in total. The topological polar surface area (TPSA) is 20.2 Å². The molecule has 0 heterocycles. The second-order valence-electron chi connectivity index (χ2n) is 1.84. The van der Waals surface area contributed by atoms with E-state index in [4.69, 9.17) is 28.9 Å². The second-order valence-corrected chi connectivity index (χ2v) is 4.02. The van der Waals surface area contributed by atoms with Crippen molar-refractivity contribution in [2.75, 3.05) is 11.6 Å². The average Bonchev–Trinajstić information content (AvgIpc) is 1.99. The minimum Gasteiger partial charge on any atom is -0.391 e. The third kappa shape index (κ3) is 5.47. The highest BCUT2D eigenvalue weighted by molar-refractivity contribution is 8.23. The molecule has 0 amide bonds. The standard InChI is InChI=1S/C6H11ClOS2/c1-2-6(9)10-4-5(8)3-7/h5,8H,2-4H2,1H3. The van der Waals surface area contributed by atoms with Gasteiger partial charge < -0.3 is 5.11 Å². The molecule has 1 nitrogen and oxygen atoms in total. The minimum absolute atomic E-state index is 0.291. The number of hydrogen-bond acceptors (Lipinski definition) is 3. The van der Waals surface area contributed by atoms with Gasteiger partial charge in [0.05, 0.1) is 6.10 Å². The summed E-state index contributed by atoms with van der Waals surface area (Å²) in [6.45, 7) is 2.00. The van der Waals surface area contributed by atoms with Crippen LogP contribution < -0.4 is 0 Å². The van der Waals surface area contributed by atoms with Gasteiger partial charge in [0.1, 0.15) is 0 Å². The van der Waals surface area contributed by atoms with Crippen molar-refractivity contribution in [1.29, 1.82) is 0 Å². The van der Waals surface area contributed by atoms with E-state index in [-0.39, 0.29) is 0 Å². The monoisotopic (exact) mass is 198 g/mol. The molecule has 0 saturated carbocycles. The maximum Gasteiger partial charge on any atom is 0.0769 e. The summed E-state index contributed by atoms with van der Waals surface area (Å²) in [5, 5.41) is 8.99. The van der Waals surface area contributed by atoms with E-state index in [1.165, 1.54) is 11.8 Å². The van der Waals surface area contributed by atoms with E-state index < -0.39 is 6.10 Å². The Balaban J connectivity index is 3.26. The summed E-state index contributed by atoms with van der Waals surface area (Å²) in [6, 6.07) is 0. The van der Waals surface area contributed by atoms with Crippen LogP contribution in [0.15, 0.2) is 0 Å². The van der Waals surface area contributed by atoms with Gasteiger partial charge in [-0.25, -0.2) is 0 Å². The minimum atomic E-state index is -0.420. The lowest BCUT2D eigenvalue weighted by Gasteiger charge is -2.04. The van der Waals surface area contributed by atoms with E-state index >= 15 is 0 Å². The molecule has 0 aliphatic rings. The van der Waals surface area contributed by atoms with Gasteiger partial charge in [-0.05, 0) is 6.42 Å². The lowest BCUT2D eigenvalue weighted by molar-refractivity contribution is 0.224. The molecule has 0 aliphatic carbocycles. The van der Waals surface area contributed by atoms with E-state index in [0.29, 0.717) is 11.6 Å². The molecule has 0 aromatic rings. The van der Waals surface area contributed by atoms with Crippen LogP contribution in [0.25, 0.3) is 0 Å². The SMILES string of the molecule is CCC(=S)SCC(O)CCl. The zero-order chi connectivity index (χ0) is 7.98. The number of aliphatic hydroxyl groups excluding tert-OH is 1. The summed E-state index contributed by atoms with van der Waals surface area (Å²) in [5.41, 5.74) is 0. The van der Waals surface area contributed by atoms with Gasteiger partial charge >= 0.3 is 0 Å². The molecule has 0 aromatic carbocycles. The molecule has 4 heteroatoms. The summed E-state index contributed by atoms with van der Waals surface area (Å²) in [6.07, 6.45) is 0.464. The van der Waals surface area contributed by atoms with Crippen molar-refractivity contribution < 1.29 is 5.11 Å². The molecule has 0 rings (SSSR count). The molecular formula is C6H11ClOS2. The average molecular weight is 199 g/mol. The third-order valence-corrected chi connectivity index (χ3v) is 3.06. The van der Waals surface area contributed by atoms with Gasteiger partial charge in [-0.1, -0.05) is 19.1 Å². The second kappa shape index (κ2) is 6.40. The first kappa shape index (κ1) is 10.7. The molecule has 1 unspecified atom stereocenters. The van der Waals surface area contributed by atoms with Crippen molar-refractivity contribution >= 4 is 39.8 Å². The van der Waals surface area contributed by atoms with Crippen LogP contribution in [0.2, 0.25) is 0 Å². The zero-order valence-corrected chi connectivity index (χ0v) is 8.23. The molecule has 0 saturated heterocycles. The van der Waals surface area contributed by atoms with Crippen LogP contribution in [-0.2, 0) is 0 Å². The van der Waals surface area contributed by atoms with Crippen LogP contribution in [0.4, 0.5) is 0 Å². The number of hydrogen-bond donors (Lipinski definition) is 1. The lowest BCUT2D eigenvalue weighted by atomic mass is 10.5. The Morgan fingerprint density at radius 3 is 2.80 bits per heavy atom. The Bertz CT molecular complexity index is 108. The Hall–Kier alpha value is 0.690. The van der Waals surface area contributed by atoms with Crippen LogP contribution in [-0.4, -0.2) is 27.0 Å². The maximum absolute atomic E-state index is 8.99. The molecule has 10 heavy (non-hydrogen) atoms. The fourth-order valence-electron chi connectivity index (χ4n) is 0.336. The van der Waals surface area contributed by atoms with E-state index in [9.17, 15) is 0 Å². The Labute approximate surface area is 76.1 Å². The highest BCUT2D eigenvalue weighted by Crippen LogP contribution is 2.09. The smallest absolute Gasteiger partial charge is 0.0769 e. The zero-order valence-electron chi connectivity index (χ0n) is 5.84. The highest BCUT2D eigenvalue weighted by atomic mass is 35.5. The number of halogens is 1. The molecule has 0 spiro atoms. The van der Waals surface area contributed by atoms with Crippen molar-refractivity contribution in [1.82, 2.24) is 0 Å². The Kier molecular flexibility index (Phi) is 6.85. The van der Waals surface area contributed by atoms with Crippen molar-refractivity contribution in [3.05, 3.63) is 0 Å². The van der Waals surface area contributed by atoms with Gasteiger partial charge in [-0.3, -0.25) is 0 Å². The lowest BCUT2D eigenvalue weighted by Crippen LogP contribution is -2.12. The molecule has 0 aliphatic heterocycles. The third-order valence-electron chi connectivity index (χ3n) is 0.903. The first-order chi connectivity index (χ1) is 4.70. The molecule has 0 bridgehead atoms. The van der Waals surface area contributed by atoms with Gasteiger partial charge in [0.15, 0.2) is 0 Å². The molecule has 0 radical (unpaired) electrons. The van der Waals surface area contributed by atoms with E-state index in [2.05, 4.69) is 0 Å². The summed E-state index contributed by atoms with van der Waals surface area (Å²) in [4.78, 5) is 0. The number of aliphatic hydroxyl groups is 1. The van der Waals surface area contributed by atoms with Crippen molar-refractivity contribution in [3.63, 3.8) is 0 Å². The van der Waals surface area contributed by atoms with E-state index in [1.54, 1.807) is 0 Å². The van der Waals surface area contributed by atoms with Crippen molar-refractivity contribution in [3.8, 4) is 0 Å². The molecule has 1 atom stereocenters. The van der Waals surface area contributed by atoms with Crippen LogP contribution >= 0.6 is 35.6 Å². The van der Waals surface area contributed by atoms with Crippen LogP contribution in [0.5, 0.6) is 0 Å². The van der Waals surface area contributed by atoms with E-state index in [1.807, 2.05) is 6.92 Å². The van der Waals surface area contributed by atoms with Crippen LogP contribution in [0, 0.1) is 0 Å². The fraction of sp³-hybridized carbons (Fsp3) is 0.833. The number of alkyl halides is 1. The van der Waals surface area contributed by atoms with Gasteiger partial charge in [-0.2, -0.15) is 0 Å². The molecule has 0 aromatic heterocycles. The summed E-state index contributed by atoms with van der Waals surface area (Å²) >= 11 is 11.8. The molecule has 0 fully saturated rings. The van der Waals surface area contributed by atoms with Gasteiger partial charge in [0, 0.05) is 15.8 Å². The predicted octanol–water partition coefficient (Wildman–Crippen LogP) is 2.06. The molecule has 60 valence electrons. The number of thiocarbonyl (C=S) groups is 1. The van der Waals surface area contributed by atoms with Gasteiger partial charge in [0.25, 0.3) is 0 Å². The highest BCUT2D eigenvalue weighted by Gasteiger charge is 2.02. The normalized spacial score (nSPS) is 13.1. The van der Waals surface area contributed by atoms with Gasteiger partial charge in [-0.15, -0.1) is 23.4 Å². The maximum atomic E-state index is 8.99. The summed E-state index contributed by atoms with van der Waals surface area (Å²) < 4.78 is 0.934. The Morgan fingerprint density at radius 1 is 1.80 bits per heavy atom. The van der Waals surface area contributed by atoms with Gasteiger partial charge in [0.2, 0.25) is 0 Å². The molecular weight excluding hydrogens is 188 g/mol. The first-order valence-electron chi connectivity index (χ1n) is 3.10. The number of rotatable bonds is 4. The fourth-order valence-corrected chi connectivity index (χ4v) is 1.48. The quantitative estimate of drug-likeness (QED) is 0.552. The van der Waals surface area contributed by atoms with Crippen LogP contribution in [0.1, 0.15) is 13.3 Å². The van der Waals surface area contributed by atoms with E-state index in [0.717, 1.165) is 10.6 Å². The van der Waals surface area contributed by atoms with Crippen molar-refractivity contribution in [2.24, 2.45) is 0 Å². The van der Waals surface area contributed by atoms with Crippen molar-refractivity contribution in [2.45, 2.75) is 19.4 Å². The summed E-state index contributed by atoms with van der Waals surface area (Å²) in [5.74, 6) is 0.912. The first-order valence-corrected chi connectivity index (χ1v) is 5.03. The largest absolute Gasteiger partial charge is 0.391 e. The van der Waals surface area contributed by atoms with Crippen LogP contribution in [0.3, 0.4) is 0 Å². The number of thioether (sulfide) groups is 1. The Morgan fingerprint density at radius 2 is 2.40 bits per heavy atom. The predicted molar refractivity (Wildman–Crippen MR) is 52.1 cm³/mol. The summed E-state index contributed by atoms with van der Waals surface area (Å²) in [7, 11) is 0.